The Bertz CT molecular complexity index is 130. The molecule has 0 atom stereocenters. The van der Waals surface area contributed by atoms with Crippen molar-refractivity contribution in [3.05, 3.63) is 24.3 Å². The second-order valence-corrected chi connectivity index (χ2v) is 2.32. The Hall–Kier alpha value is -0.600. The monoisotopic (exact) mass is 156 g/mol. The molecular weight excluding hydrogens is 140 g/mol. The third kappa shape index (κ3) is 2.87. The minimum absolute atomic E-state index is 0.0296. The normalized spacial score (nSPS) is 17.8. The van der Waals surface area contributed by atoms with Crippen molar-refractivity contribution in [2.75, 3.05) is 13.7 Å². The number of aliphatic hydroxyl groups excluding tert-OH is 1. The van der Waals surface area contributed by atoms with Crippen molar-refractivity contribution in [1.29, 1.82) is 0 Å². The smallest absolute Gasteiger partial charge is 0.127 e. The fourth-order valence-electron chi connectivity index (χ4n) is 0.926. The van der Waals surface area contributed by atoms with Gasteiger partial charge in [0.05, 0.1) is 6.61 Å². The summed E-state index contributed by atoms with van der Waals surface area (Å²) in [6.07, 6.45) is 7.37. The number of allylic oxidation sites excluding steroid dienone is 2. The first kappa shape index (κ1) is 10.4. The summed E-state index contributed by atoms with van der Waals surface area (Å²) in [5, 5.41) is 9.01. The number of rotatable bonds is 4. The number of hydrogen-bond acceptors (Lipinski definition) is 2. The quantitative estimate of drug-likeness (QED) is 0.625. The lowest BCUT2D eigenvalue weighted by atomic mass is 10.0. The minimum atomic E-state index is -0.622. The highest BCUT2D eigenvalue weighted by atomic mass is 16.5. The van der Waals surface area contributed by atoms with Gasteiger partial charge in [-0.2, -0.15) is 0 Å². The average molecular weight is 156 g/mol. The van der Waals surface area contributed by atoms with Crippen molar-refractivity contribution in [2.24, 2.45) is 0 Å². The van der Waals surface area contributed by atoms with Gasteiger partial charge in [0.15, 0.2) is 0 Å². The molecule has 0 aliphatic heterocycles. The van der Waals surface area contributed by atoms with Crippen LogP contribution in [0.2, 0.25) is 0 Å². The van der Waals surface area contributed by atoms with Gasteiger partial charge in [0.1, 0.15) is 5.60 Å². The van der Waals surface area contributed by atoms with E-state index in [1.165, 1.54) is 0 Å². The summed E-state index contributed by atoms with van der Waals surface area (Å²) in [4.78, 5) is 0. The molecule has 0 aliphatic rings. The van der Waals surface area contributed by atoms with Gasteiger partial charge < -0.3 is 9.84 Å². The fourth-order valence-corrected chi connectivity index (χ4v) is 0.926. The lowest BCUT2D eigenvalue weighted by Gasteiger charge is -2.22. The van der Waals surface area contributed by atoms with Crippen molar-refractivity contribution in [1.82, 2.24) is 0 Å². The molecule has 0 aliphatic carbocycles. The van der Waals surface area contributed by atoms with Crippen LogP contribution in [0, 0.1) is 0 Å². The molecule has 0 bridgehead atoms. The second-order valence-electron chi connectivity index (χ2n) is 2.32. The summed E-state index contributed by atoms with van der Waals surface area (Å²) in [5.74, 6) is 0. The molecule has 1 N–H and O–H groups in total. The molecule has 0 radical (unpaired) electrons. The van der Waals surface area contributed by atoms with E-state index in [0.29, 0.717) is 0 Å². The van der Waals surface area contributed by atoms with Gasteiger partial charge in [0, 0.05) is 7.11 Å². The van der Waals surface area contributed by atoms with Gasteiger partial charge >= 0.3 is 0 Å². The zero-order valence-corrected chi connectivity index (χ0v) is 7.37. The van der Waals surface area contributed by atoms with Crippen LogP contribution in [-0.4, -0.2) is 24.4 Å². The van der Waals surface area contributed by atoms with Crippen LogP contribution in [0.25, 0.3) is 0 Å². The number of ether oxygens (including phenoxy) is 1. The van der Waals surface area contributed by atoms with E-state index in [4.69, 9.17) is 9.84 Å². The molecule has 2 heteroatoms. The Morgan fingerprint density at radius 1 is 1.27 bits per heavy atom. The molecule has 11 heavy (non-hydrogen) atoms. The van der Waals surface area contributed by atoms with Crippen LogP contribution >= 0.6 is 0 Å². The molecule has 0 unspecified atom stereocenters. The van der Waals surface area contributed by atoms with Gasteiger partial charge in [-0.15, -0.1) is 0 Å². The Labute approximate surface area is 68.2 Å². The molecule has 0 saturated carbocycles. The molecule has 0 aromatic rings. The predicted octanol–water partition coefficient (Wildman–Crippen LogP) is 1.52. The number of aliphatic hydroxyl groups is 1. The van der Waals surface area contributed by atoms with Crippen LogP contribution < -0.4 is 0 Å². The summed E-state index contributed by atoms with van der Waals surface area (Å²) in [5.41, 5.74) is -0.622. The highest BCUT2D eigenvalue weighted by Gasteiger charge is 2.20. The van der Waals surface area contributed by atoms with E-state index in [1.54, 1.807) is 7.11 Å². The van der Waals surface area contributed by atoms with E-state index in [-0.39, 0.29) is 6.61 Å². The first-order chi connectivity index (χ1) is 5.24. The molecule has 0 fully saturated rings. The maximum Gasteiger partial charge on any atom is 0.127 e. The minimum Gasteiger partial charge on any atom is -0.393 e. The van der Waals surface area contributed by atoms with Crippen molar-refractivity contribution >= 4 is 0 Å². The standard InChI is InChI=1S/C9H16O2/c1-4-6-9(8-10,11-3)7-5-2/h4-7,10H,8H2,1-3H3. The topological polar surface area (TPSA) is 29.5 Å². The Morgan fingerprint density at radius 3 is 1.91 bits per heavy atom. The maximum atomic E-state index is 9.01. The van der Waals surface area contributed by atoms with Gasteiger partial charge in [-0.25, -0.2) is 0 Å². The van der Waals surface area contributed by atoms with E-state index in [0.717, 1.165) is 0 Å². The molecular formula is C9H16O2. The number of methoxy groups -OCH3 is 1. The Balaban J connectivity index is 4.45. The Morgan fingerprint density at radius 2 is 1.73 bits per heavy atom. The summed E-state index contributed by atoms with van der Waals surface area (Å²) < 4.78 is 5.14. The van der Waals surface area contributed by atoms with Crippen molar-refractivity contribution in [3.63, 3.8) is 0 Å². The summed E-state index contributed by atoms with van der Waals surface area (Å²) in [7, 11) is 1.58. The van der Waals surface area contributed by atoms with Crippen LogP contribution in [0.5, 0.6) is 0 Å². The van der Waals surface area contributed by atoms with Crippen LogP contribution in [0.1, 0.15) is 13.8 Å². The average Bonchev–Trinajstić information content (AvgIpc) is 2.04. The molecule has 64 valence electrons. The van der Waals surface area contributed by atoms with Gasteiger partial charge in [0.2, 0.25) is 0 Å². The van der Waals surface area contributed by atoms with Crippen LogP contribution in [0.4, 0.5) is 0 Å². The second kappa shape index (κ2) is 5.10. The third-order valence-electron chi connectivity index (χ3n) is 1.52. The number of hydrogen-bond donors (Lipinski definition) is 1. The summed E-state index contributed by atoms with van der Waals surface area (Å²) >= 11 is 0. The zero-order valence-electron chi connectivity index (χ0n) is 7.37. The van der Waals surface area contributed by atoms with Crippen LogP contribution in [0.15, 0.2) is 24.3 Å². The van der Waals surface area contributed by atoms with Crippen molar-refractivity contribution in [2.45, 2.75) is 19.4 Å². The zero-order chi connectivity index (χ0) is 8.74. The van der Waals surface area contributed by atoms with Crippen LogP contribution in [0.3, 0.4) is 0 Å². The maximum absolute atomic E-state index is 9.01. The van der Waals surface area contributed by atoms with Crippen LogP contribution in [-0.2, 0) is 4.74 Å². The van der Waals surface area contributed by atoms with Gasteiger partial charge in [-0.05, 0) is 13.8 Å². The molecule has 2 nitrogen and oxygen atoms in total. The lowest BCUT2D eigenvalue weighted by Crippen LogP contribution is -2.30. The van der Waals surface area contributed by atoms with Gasteiger partial charge in [0.25, 0.3) is 0 Å². The van der Waals surface area contributed by atoms with E-state index >= 15 is 0 Å². The molecule has 0 spiro atoms. The first-order valence-electron chi connectivity index (χ1n) is 3.68. The highest BCUT2D eigenvalue weighted by molar-refractivity contribution is 5.13. The fraction of sp³-hybridized carbons (Fsp3) is 0.556. The first-order valence-corrected chi connectivity index (χ1v) is 3.68. The predicted molar refractivity (Wildman–Crippen MR) is 46.5 cm³/mol. The molecule has 0 amide bonds. The van der Waals surface area contributed by atoms with E-state index in [2.05, 4.69) is 0 Å². The van der Waals surface area contributed by atoms with E-state index in [9.17, 15) is 0 Å². The SMILES string of the molecule is CC=CC(C=CC)(CO)OC. The van der Waals surface area contributed by atoms with Gasteiger partial charge in [-0.1, -0.05) is 24.3 Å². The van der Waals surface area contributed by atoms with Crippen molar-refractivity contribution < 1.29 is 9.84 Å². The van der Waals surface area contributed by atoms with E-state index < -0.39 is 5.60 Å². The molecule has 0 aromatic heterocycles. The molecule has 0 rings (SSSR count). The molecule has 0 saturated heterocycles. The summed E-state index contributed by atoms with van der Waals surface area (Å²) in [6, 6.07) is 0. The molecule has 0 aromatic carbocycles. The highest BCUT2D eigenvalue weighted by Crippen LogP contribution is 2.13. The Kier molecular flexibility index (Phi) is 4.83. The lowest BCUT2D eigenvalue weighted by molar-refractivity contribution is 0.0226. The summed E-state index contributed by atoms with van der Waals surface area (Å²) in [6.45, 7) is 3.76. The van der Waals surface area contributed by atoms with Crippen molar-refractivity contribution in [3.8, 4) is 0 Å². The largest absolute Gasteiger partial charge is 0.393 e. The van der Waals surface area contributed by atoms with E-state index in [1.807, 2.05) is 38.2 Å². The van der Waals surface area contributed by atoms with Gasteiger partial charge in [-0.3, -0.25) is 0 Å². The third-order valence-corrected chi connectivity index (χ3v) is 1.52. The molecule has 0 heterocycles.